The number of aromatic nitrogens is 1. The van der Waals surface area contributed by atoms with Crippen LogP contribution in [0.5, 0.6) is 0 Å². The summed E-state index contributed by atoms with van der Waals surface area (Å²) in [6.45, 7) is 0.929. The number of hydrogen-bond donors (Lipinski definition) is 1. The van der Waals surface area contributed by atoms with Crippen molar-refractivity contribution < 1.29 is 4.79 Å². The summed E-state index contributed by atoms with van der Waals surface area (Å²) >= 11 is 2.05. The molecule has 0 bridgehead atoms. The van der Waals surface area contributed by atoms with Crippen LogP contribution in [0.3, 0.4) is 0 Å². The Kier molecular flexibility index (Phi) is 4.80. The van der Waals surface area contributed by atoms with E-state index < -0.39 is 0 Å². The Bertz CT molecular complexity index is 476. The van der Waals surface area contributed by atoms with Gasteiger partial charge in [0, 0.05) is 44.4 Å². The van der Waals surface area contributed by atoms with Crippen LogP contribution < -0.4 is 5.32 Å². The van der Waals surface area contributed by atoms with E-state index in [-0.39, 0.29) is 11.9 Å². The van der Waals surface area contributed by atoms with Crippen molar-refractivity contribution in [2.75, 3.05) is 25.1 Å². The summed E-state index contributed by atoms with van der Waals surface area (Å²) in [7, 11) is 1.92. The number of hydrogen-bond acceptors (Lipinski definition) is 4. The second-order valence-corrected chi connectivity index (χ2v) is 7.21. The number of pyridine rings is 1. The second kappa shape index (κ2) is 6.79. The normalized spacial score (nSPS) is 27.3. The lowest BCUT2D eigenvalue weighted by atomic mass is 9.94. The Morgan fingerprint density at radius 2 is 2.05 bits per heavy atom. The van der Waals surface area contributed by atoms with Crippen LogP contribution in [0.25, 0.3) is 0 Å². The molecule has 3 rings (SSSR count). The standard InChI is InChI=1S/C16H23N3OS/c1-19-15(20)10-13(11-18-14-4-8-21-9-5-14)16(19)12-2-6-17-7-3-12/h2-3,6-7,13-14,16,18H,4-5,8-11H2,1H3/t13-,16-/m0/s1. The number of nitrogens with zero attached hydrogens (tertiary/aromatic N) is 2. The van der Waals surface area contributed by atoms with Crippen LogP contribution >= 0.6 is 11.8 Å². The molecular formula is C16H23N3OS. The third-order valence-electron chi connectivity index (χ3n) is 4.63. The highest BCUT2D eigenvalue weighted by Gasteiger charge is 2.38. The lowest BCUT2D eigenvalue weighted by molar-refractivity contribution is -0.127. The smallest absolute Gasteiger partial charge is 0.223 e. The summed E-state index contributed by atoms with van der Waals surface area (Å²) in [5.41, 5.74) is 1.20. The molecule has 0 aromatic carbocycles. The fourth-order valence-electron chi connectivity index (χ4n) is 3.41. The van der Waals surface area contributed by atoms with Gasteiger partial charge in [-0.2, -0.15) is 11.8 Å². The molecule has 2 fully saturated rings. The minimum Gasteiger partial charge on any atom is -0.338 e. The Balaban J connectivity index is 1.66. The van der Waals surface area contributed by atoms with E-state index >= 15 is 0 Å². The Morgan fingerprint density at radius 3 is 2.76 bits per heavy atom. The largest absolute Gasteiger partial charge is 0.338 e. The van der Waals surface area contributed by atoms with Crippen LogP contribution in [-0.2, 0) is 4.79 Å². The van der Waals surface area contributed by atoms with E-state index in [1.165, 1.54) is 29.9 Å². The molecule has 114 valence electrons. The second-order valence-electron chi connectivity index (χ2n) is 5.99. The highest BCUT2D eigenvalue weighted by atomic mass is 32.2. The van der Waals surface area contributed by atoms with E-state index in [9.17, 15) is 4.79 Å². The van der Waals surface area contributed by atoms with Crippen molar-refractivity contribution in [3.63, 3.8) is 0 Å². The van der Waals surface area contributed by atoms with Gasteiger partial charge in [-0.05, 0) is 42.0 Å². The van der Waals surface area contributed by atoms with Crippen molar-refractivity contribution in [1.82, 2.24) is 15.2 Å². The predicted octanol–water partition coefficient (Wildman–Crippen LogP) is 2.09. The quantitative estimate of drug-likeness (QED) is 0.925. The lowest BCUT2D eigenvalue weighted by Crippen LogP contribution is -2.37. The molecule has 5 heteroatoms. The minimum atomic E-state index is 0.186. The average molecular weight is 305 g/mol. The minimum absolute atomic E-state index is 0.186. The van der Waals surface area contributed by atoms with Crippen molar-refractivity contribution in [3.05, 3.63) is 30.1 Å². The Hall–Kier alpha value is -1.07. The lowest BCUT2D eigenvalue weighted by Gasteiger charge is -2.28. The monoisotopic (exact) mass is 305 g/mol. The summed E-state index contributed by atoms with van der Waals surface area (Å²) < 4.78 is 0. The maximum atomic E-state index is 12.1. The van der Waals surface area contributed by atoms with Crippen LogP contribution in [0.15, 0.2) is 24.5 Å². The molecule has 1 amide bonds. The van der Waals surface area contributed by atoms with E-state index in [4.69, 9.17) is 0 Å². The molecule has 4 nitrogen and oxygen atoms in total. The third kappa shape index (κ3) is 3.40. The highest BCUT2D eigenvalue weighted by Crippen LogP contribution is 2.36. The zero-order chi connectivity index (χ0) is 14.7. The fourth-order valence-corrected chi connectivity index (χ4v) is 4.52. The zero-order valence-corrected chi connectivity index (χ0v) is 13.3. The third-order valence-corrected chi connectivity index (χ3v) is 5.68. The van der Waals surface area contributed by atoms with Gasteiger partial charge in [-0.1, -0.05) is 0 Å². The van der Waals surface area contributed by atoms with Crippen LogP contribution in [0, 0.1) is 5.92 Å². The predicted molar refractivity (Wildman–Crippen MR) is 86.2 cm³/mol. The van der Waals surface area contributed by atoms with Gasteiger partial charge in [-0.3, -0.25) is 9.78 Å². The summed E-state index contributed by atoms with van der Waals surface area (Å²) in [5.74, 6) is 3.13. The maximum absolute atomic E-state index is 12.1. The van der Waals surface area contributed by atoms with E-state index in [0.29, 0.717) is 18.4 Å². The molecule has 2 aliphatic rings. The molecule has 1 N–H and O–H groups in total. The van der Waals surface area contributed by atoms with Crippen molar-refractivity contribution in [3.8, 4) is 0 Å². The van der Waals surface area contributed by atoms with Gasteiger partial charge in [0.05, 0.1) is 6.04 Å². The SMILES string of the molecule is CN1C(=O)C[C@@H](CNC2CCSCC2)[C@@H]1c1ccncc1. The number of nitrogens with one attached hydrogen (secondary N) is 1. The van der Waals surface area contributed by atoms with Crippen molar-refractivity contribution >= 4 is 17.7 Å². The molecular weight excluding hydrogens is 282 g/mol. The van der Waals surface area contributed by atoms with E-state index in [1.54, 1.807) is 0 Å². The molecule has 0 aliphatic carbocycles. The number of carbonyl (C=O) groups excluding carboxylic acids is 1. The van der Waals surface area contributed by atoms with Gasteiger partial charge in [-0.15, -0.1) is 0 Å². The van der Waals surface area contributed by atoms with Gasteiger partial charge in [0.1, 0.15) is 0 Å². The average Bonchev–Trinajstić information content (AvgIpc) is 2.82. The summed E-state index contributed by atoms with van der Waals surface area (Å²) in [5, 5.41) is 3.70. The van der Waals surface area contributed by atoms with Gasteiger partial charge in [-0.25, -0.2) is 0 Å². The van der Waals surface area contributed by atoms with Crippen molar-refractivity contribution in [2.24, 2.45) is 5.92 Å². The first kappa shape index (κ1) is 14.9. The van der Waals surface area contributed by atoms with Crippen LogP contribution in [0.1, 0.15) is 30.9 Å². The van der Waals surface area contributed by atoms with E-state index in [0.717, 1.165) is 6.54 Å². The molecule has 0 unspecified atom stereocenters. The van der Waals surface area contributed by atoms with Gasteiger partial charge >= 0.3 is 0 Å². The number of likely N-dealkylation sites (tertiary alicyclic amines) is 1. The van der Waals surface area contributed by atoms with Gasteiger partial charge in [0.2, 0.25) is 5.91 Å². The number of thioether (sulfide) groups is 1. The molecule has 2 atom stereocenters. The van der Waals surface area contributed by atoms with E-state index in [1.807, 2.05) is 48.2 Å². The van der Waals surface area contributed by atoms with Crippen molar-refractivity contribution in [2.45, 2.75) is 31.3 Å². The molecule has 0 spiro atoms. The van der Waals surface area contributed by atoms with Gasteiger partial charge < -0.3 is 10.2 Å². The molecule has 3 heterocycles. The number of amides is 1. The van der Waals surface area contributed by atoms with Crippen molar-refractivity contribution in [1.29, 1.82) is 0 Å². The first-order valence-electron chi connectivity index (χ1n) is 7.72. The first-order valence-corrected chi connectivity index (χ1v) is 8.88. The highest BCUT2D eigenvalue weighted by molar-refractivity contribution is 7.99. The maximum Gasteiger partial charge on any atom is 0.223 e. The van der Waals surface area contributed by atoms with Crippen LogP contribution in [0.2, 0.25) is 0 Å². The Morgan fingerprint density at radius 1 is 1.33 bits per heavy atom. The van der Waals surface area contributed by atoms with Gasteiger partial charge in [0.25, 0.3) is 0 Å². The Labute approximate surface area is 130 Å². The first-order chi connectivity index (χ1) is 10.3. The summed E-state index contributed by atoms with van der Waals surface area (Å²) in [6, 6.07) is 4.88. The zero-order valence-electron chi connectivity index (χ0n) is 12.5. The topological polar surface area (TPSA) is 45.2 Å². The molecule has 0 saturated carbocycles. The molecule has 1 aromatic heterocycles. The molecule has 0 radical (unpaired) electrons. The van der Waals surface area contributed by atoms with Crippen LogP contribution in [-0.4, -0.2) is 46.9 Å². The summed E-state index contributed by atoms with van der Waals surface area (Å²) in [4.78, 5) is 18.1. The molecule has 1 aromatic rings. The molecule has 2 saturated heterocycles. The van der Waals surface area contributed by atoms with Crippen LogP contribution in [0.4, 0.5) is 0 Å². The molecule has 21 heavy (non-hydrogen) atoms. The molecule has 2 aliphatic heterocycles. The van der Waals surface area contributed by atoms with E-state index in [2.05, 4.69) is 10.3 Å². The number of carbonyl (C=O) groups is 1. The fraction of sp³-hybridized carbons (Fsp3) is 0.625. The number of rotatable bonds is 4. The van der Waals surface area contributed by atoms with Gasteiger partial charge in [0.15, 0.2) is 0 Å². The summed E-state index contributed by atoms with van der Waals surface area (Å²) in [6.07, 6.45) is 6.78.